The number of nitrogens with one attached hydrogen (secondary N) is 2. The molecule has 1 aliphatic rings. The van der Waals surface area contributed by atoms with Gasteiger partial charge in [-0.05, 0) is 13.0 Å². The van der Waals surface area contributed by atoms with E-state index in [1.807, 2.05) is 0 Å². The molecule has 0 bridgehead atoms. The van der Waals surface area contributed by atoms with Crippen LogP contribution in [-0.2, 0) is 4.79 Å². The number of hydrogen-bond acceptors (Lipinski definition) is 4. The largest absolute Gasteiger partial charge is 0.479 e. The average Bonchev–Trinajstić information content (AvgIpc) is 2.57. The van der Waals surface area contributed by atoms with Crippen LogP contribution in [0.3, 0.4) is 0 Å². The Balaban J connectivity index is 2.21. The van der Waals surface area contributed by atoms with Gasteiger partial charge in [-0.3, -0.25) is 0 Å². The van der Waals surface area contributed by atoms with Crippen LogP contribution in [0.2, 0.25) is 0 Å². The molecule has 0 spiro atoms. The summed E-state index contributed by atoms with van der Waals surface area (Å²) in [5.74, 6) is -1.27. The van der Waals surface area contributed by atoms with Gasteiger partial charge in [0.2, 0.25) is 0 Å². The number of nitrogens with zero attached hydrogens (tertiary/aromatic N) is 1. The Morgan fingerprint density at radius 2 is 2.12 bits per heavy atom. The van der Waals surface area contributed by atoms with Crippen molar-refractivity contribution in [3.8, 4) is 0 Å². The highest BCUT2D eigenvalue weighted by Gasteiger charge is 2.16. The minimum atomic E-state index is -1.42. The zero-order valence-corrected chi connectivity index (χ0v) is 9.69. The van der Waals surface area contributed by atoms with E-state index in [1.165, 1.54) is 0 Å². The second-order valence-electron chi connectivity index (χ2n) is 3.97. The highest BCUT2D eigenvalue weighted by Crippen LogP contribution is 1.96. The molecule has 1 aliphatic heterocycles. The second-order valence-corrected chi connectivity index (χ2v) is 3.97. The van der Waals surface area contributed by atoms with Gasteiger partial charge in [-0.15, -0.1) is 0 Å². The Morgan fingerprint density at radius 1 is 1.35 bits per heavy atom. The van der Waals surface area contributed by atoms with Crippen LogP contribution in [0.5, 0.6) is 0 Å². The molecule has 0 unspecified atom stereocenters. The summed E-state index contributed by atoms with van der Waals surface area (Å²) in [6.45, 7) is 3.18. The zero-order valence-electron chi connectivity index (χ0n) is 9.69. The van der Waals surface area contributed by atoms with E-state index in [0.29, 0.717) is 13.1 Å². The summed E-state index contributed by atoms with van der Waals surface area (Å²) in [5.41, 5.74) is 0. The highest BCUT2D eigenvalue weighted by atomic mass is 16.4. The molecule has 0 aromatic heterocycles. The number of carboxylic acids is 1. The summed E-state index contributed by atoms with van der Waals surface area (Å²) in [5, 5.41) is 23.3. The smallest absolute Gasteiger partial charge is 0.332 e. The molecule has 17 heavy (non-hydrogen) atoms. The number of carboxylic acid groups (broad SMARTS) is 1. The third-order valence-electron chi connectivity index (χ3n) is 2.61. The maximum atomic E-state index is 11.7. The number of rotatable bonds is 4. The Hall–Kier alpha value is -1.34. The Morgan fingerprint density at radius 3 is 2.82 bits per heavy atom. The SMILES string of the molecule is O=C(O)[C@@H](O)CCNC(=O)N1CCCNCC1. The quantitative estimate of drug-likeness (QED) is 0.500. The van der Waals surface area contributed by atoms with Gasteiger partial charge >= 0.3 is 12.0 Å². The van der Waals surface area contributed by atoms with E-state index in [-0.39, 0.29) is 19.0 Å². The number of urea groups is 1. The normalized spacial score (nSPS) is 18.3. The van der Waals surface area contributed by atoms with Gasteiger partial charge in [0.15, 0.2) is 6.10 Å². The molecular weight excluding hydrogens is 226 g/mol. The first kappa shape index (κ1) is 13.7. The fourth-order valence-electron chi connectivity index (χ4n) is 1.60. The monoisotopic (exact) mass is 245 g/mol. The predicted octanol–water partition coefficient (Wildman–Crippen LogP) is -1.17. The zero-order chi connectivity index (χ0) is 12.7. The van der Waals surface area contributed by atoms with Crippen LogP contribution >= 0.6 is 0 Å². The van der Waals surface area contributed by atoms with Gasteiger partial charge in [0.25, 0.3) is 0 Å². The lowest BCUT2D eigenvalue weighted by molar-refractivity contribution is -0.146. The van der Waals surface area contributed by atoms with Crippen LogP contribution < -0.4 is 10.6 Å². The summed E-state index contributed by atoms with van der Waals surface area (Å²) in [7, 11) is 0. The van der Waals surface area contributed by atoms with Crippen molar-refractivity contribution in [3.05, 3.63) is 0 Å². The number of aliphatic hydroxyl groups excluding tert-OH is 1. The molecule has 98 valence electrons. The molecule has 1 rings (SSSR count). The third kappa shape index (κ3) is 5.01. The predicted molar refractivity (Wildman–Crippen MR) is 60.7 cm³/mol. The Bertz CT molecular complexity index is 264. The van der Waals surface area contributed by atoms with Gasteiger partial charge in [-0.2, -0.15) is 0 Å². The van der Waals surface area contributed by atoms with Crippen molar-refractivity contribution in [2.45, 2.75) is 18.9 Å². The van der Waals surface area contributed by atoms with E-state index in [2.05, 4.69) is 10.6 Å². The van der Waals surface area contributed by atoms with Crippen LogP contribution in [0.4, 0.5) is 4.79 Å². The number of carbonyl (C=O) groups is 2. The Kier molecular flexibility index (Phi) is 5.71. The van der Waals surface area contributed by atoms with Crippen molar-refractivity contribution in [1.82, 2.24) is 15.5 Å². The molecule has 0 radical (unpaired) electrons. The number of carbonyl (C=O) groups excluding carboxylic acids is 1. The fourth-order valence-corrected chi connectivity index (χ4v) is 1.60. The number of aliphatic carboxylic acids is 1. The Labute approximate surface area is 99.8 Å². The molecule has 0 aliphatic carbocycles. The van der Waals surface area contributed by atoms with Gasteiger partial charge in [0.1, 0.15) is 0 Å². The molecule has 0 saturated carbocycles. The fraction of sp³-hybridized carbons (Fsp3) is 0.800. The molecule has 7 heteroatoms. The van der Waals surface area contributed by atoms with Crippen LogP contribution in [-0.4, -0.2) is 65.9 Å². The van der Waals surface area contributed by atoms with Crippen molar-refractivity contribution in [2.75, 3.05) is 32.7 Å². The van der Waals surface area contributed by atoms with Gasteiger partial charge in [0, 0.05) is 32.6 Å². The maximum Gasteiger partial charge on any atom is 0.332 e. The van der Waals surface area contributed by atoms with Crippen LogP contribution in [0, 0.1) is 0 Å². The molecule has 1 atom stereocenters. The first-order chi connectivity index (χ1) is 8.11. The minimum Gasteiger partial charge on any atom is -0.479 e. The maximum absolute atomic E-state index is 11.7. The summed E-state index contributed by atoms with van der Waals surface area (Å²) < 4.78 is 0. The van der Waals surface area contributed by atoms with E-state index < -0.39 is 12.1 Å². The minimum absolute atomic E-state index is 0.0210. The number of hydrogen-bond donors (Lipinski definition) is 4. The standard InChI is InChI=1S/C10H19N3O4/c14-8(9(15)16)2-4-12-10(17)13-6-1-3-11-5-7-13/h8,11,14H,1-7H2,(H,12,17)(H,15,16)/t8-/m0/s1. The van der Waals surface area contributed by atoms with E-state index in [4.69, 9.17) is 10.2 Å². The van der Waals surface area contributed by atoms with Crippen molar-refractivity contribution in [3.63, 3.8) is 0 Å². The van der Waals surface area contributed by atoms with E-state index in [9.17, 15) is 9.59 Å². The topological polar surface area (TPSA) is 102 Å². The molecule has 0 aromatic carbocycles. The van der Waals surface area contributed by atoms with Crippen molar-refractivity contribution in [2.24, 2.45) is 0 Å². The summed E-state index contributed by atoms with van der Waals surface area (Å²) in [6.07, 6.45) is -0.487. The molecule has 1 fully saturated rings. The van der Waals surface area contributed by atoms with Crippen molar-refractivity contribution >= 4 is 12.0 Å². The second kappa shape index (κ2) is 7.08. The van der Waals surface area contributed by atoms with Gasteiger partial charge in [-0.25, -0.2) is 9.59 Å². The molecule has 1 saturated heterocycles. The molecule has 0 aromatic rings. The van der Waals surface area contributed by atoms with E-state index in [1.54, 1.807) is 4.90 Å². The van der Waals surface area contributed by atoms with Gasteiger partial charge in [0.05, 0.1) is 0 Å². The highest BCUT2D eigenvalue weighted by molar-refractivity contribution is 5.74. The summed E-state index contributed by atoms with van der Waals surface area (Å²) >= 11 is 0. The third-order valence-corrected chi connectivity index (χ3v) is 2.61. The molecule has 1 heterocycles. The van der Waals surface area contributed by atoms with Crippen LogP contribution in [0.15, 0.2) is 0 Å². The average molecular weight is 245 g/mol. The number of amides is 2. The first-order valence-corrected chi connectivity index (χ1v) is 5.75. The lowest BCUT2D eigenvalue weighted by Crippen LogP contribution is -2.42. The van der Waals surface area contributed by atoms with Crippen LogP contribution in [0.25, 0.3) is 0 Å². The molecule has 2 amide bonds. The first-order valence-electron chi connectivity index (χ1n) is 5.75. The molecular formula is C10H19N3O4. The van der Waals surface area contributed by atoms with Gasteiger partial charge in [-0.1, -0.05) is 0 Å². The molecule has 7 nitrogen and oxygen atoms in total. The number of aliphatic hydroxyl groups is 1. The molecule has 4 N–H and O–H groups in total. The van der Waals surface area contributed by atoms with Gasteiger partial charge < -0.3 is 25.7 Å². The van der Waals surface area contributed by atoms with Crippen molar-refractivity contribution < 1.29 is 19.8 Å². The van der Waals surface area contributed by atoms with E-state index >= 15 is 0 Å². The summed E-state index contributed by atoms with van der Waals surface area (Å²) in [4.78, 5) is 23.7. The lowest BCUT2D eigenvalue weighted by atomic mass is 10.2. The van der Waals surface area contributed by atoms with Crippen LogP contribution in [0.1, 0.15) is 12.8 Å². The van der Waals surface area contributed by atoms with Crippen molar-refractivity contribution in [1.29, 1.82) is 0 Å². The van der Waals surface area contributed by atoms with E-state index in [0.717, 1.165) is 19.5 Å². The lowest BCUT2D eigenvalue weighted by Gasteiger charge is -2.20. The summed E-state index contributed by atoms with van der Waals surface area (Å²) in [6, 6.07) is -0.203.